The Kier molecular flexibility index (Phi) is 5.10. The molecule has 0 atom stereocenters. The van der Waals surface area contributed by atoms with Gasteiger partial charge in [-0.15, -0.1) is 0 Å². The highest BCUT2D eigenvalue weighted by Crippen LogP contribution is 2.26. The fraction of sp³-hybridized carbons (Fsp3) is 0.350. The number of rotatable bonds is 4. The fourth-order valence-electron chi connectivity index (χ4n) is 3.54. The second kappa shape index (κ2) is 7.57. The third-order valence-electron chi connectivity index (χ3n) is 5.48. The number of aryl methyl sites for hydroxylation is 2. The first-order valence-electron chi connectivity index (χ1n) is 9.53. The molecule has 0 unspecified atom stereocenters. The van der Waals surface area contributed by atoms with E-state index >= 15 is 0 Å². The van der Waals surface area contributed by atoms with Gasteiger partial charge in [-0.2, -0.15) is 13.9 Å². The number of nitrogens with zero attached hydrogens (tertiary/aromatic N) is 4. The summed E-state index contributed by atoms with van der Waals surface area (Å²) < 4.78 is 28.9. The Labute approximate surface area is 169 Å². The van der Waals surface area contributed by atoms with Crippen LogP contribution in [0.3, 0.4) is 0 Å². The maximum absolute atomic E-state index is 12.9. The molecule has 152 valence electrons. The van der Waals surface area contributed by atoms with Gasteiger partial charge in [0.25, 0.3) is 0 Å². The SMILES string of the molecule is Cc1ccc(S(=O)(=O)N2CCC(C(=O)Nc3ccnc4ccnn34)CC2)cc1C. The molecule has 0 aliphatic carbocycles. The number of carbonyl (C=O) groups is 1. The summed E-state index contributed by atoms with van der Waals surface area (Å²) in [5, 5.41) is 7.05. The minimum absolute atomic E-state index is 0.128. The van der Waals surface area contributed by atoms with Crippen molar-refractivity contribution in [3.05, 3.63) is 53.9 Å². The van der Waals surface area contributed by atoms with E-state index in [2.05, 4.69) is 15.4 Å². The van der Waals surface area contributed by atoms with Crippen LogP contribution >= 0.6 is 0 Å². The number of hydrogen-bond acceptors (Lipinski definition) is 5. The first kappa shape index (κ1) is 19.5. The van der Waals surface area contributed by atoms with E-state index in [4.69, 9.17) is 0 Å². The Morgan fingerprint density at radius 1 is 1.07 bits per heavy atom. The minimum atomic E-state index is -3.55. The Morgan fingerprint density at radius 2 is 1.83 bits per heavy atom. The lowest BCUT2D eigenvalue weighted by Gasteiger charge is -2.30. The van der Waals surface area contributed by atoms with Crippen molar-refractivity contribution >= 4 is 27.4 Å². The van der Waals surface area contributed by atoms with Gasteiger partial charge in [0.1, 0.15) is 5.82 Å². The molecule has 9 heteroatoms. The predicted octanol–water partition coefficient (Wildman–Crippen LogP) is 2.39. The molecule has 3 heterocycles. The number of amides is 1. The Bertz CT molecular complexity index is 1160. The normalized spacial score (nSPS) is 16.2. The van der Waals surface area contributed by atoms with Gasteiger partial charge in [-0.1, -0.05) is 6.07 Å². The summed E-state index contributed by atoms with van der Waals surface area (Å²) in [4.78, 5) is 17.2. The van der Waals surface area contributed by atoms with Crippen LogP contribution in [-0.2, 0) is 14.8 Å². The lowest BCUT2D eigenvalue weighted by molar-refractivity contribution is -0.120. The number of carbonyl (C=O) groups excluding carboxylic acids is 1. The molecule has 1 aliphatic heterocycles. The van der Waals surface area contributed by atoms with Gasteiger partial charge >= 0.3 is 0 Å². The largest absolute Gasteiger partial charge is 0.310 e. The summed E-state index contributed by atoms with van der Waals surface area (Å²) >= 11 is 0. The van der Waals surface area contributed by atoms with Crippen molar-refractivity contribution in [2.75, 3.05) is 18.4 Å². The van der Waals surface area contributed by atoms with Crippen LogP contribution in [-0.4, -0.2) is 46.3 Å². The number of hydrogen-bond donors (Lipinski definition) is 1. The number of aromatic nitrogens is 3. The standard InChI is InChI=1S/C20H23N5O3S/c1-14-3-4-17(13-15(14)2)29(27,28)24-11-7-16(8-12-24)20(26)23-19-5-9-21-18-6-10-22-25(18)19/h3-6,9-10,13,16H,7-8,11-12H2,1-2H3,(H,23,26). The van der Waals surface area contributed by atoms with Gasteiger partial charge in [0.2, 0.25) is 15.9 Å². The first-order chi connectivity index (χ1) is 13.9. The van der Waals surface area contributed by atoms with Crippen LogP contribution in [0, 0.1) is 19.8 Å². The van der Waals surface area contributed by atoms with Gasteiger partial charge in [-0.3, -0.25) is 4.79 Å². The quantitative estimate of drug-likeness (QED) is 0.708. The number of anilines is 1. The number of sulfonamides is 1. The molecule has 4 rings (SSSR count). The maximum atomic E-state index is 12.9. The molecular formula is C20H23N5O3S. The van der Waals surface area contributed by atoms with E-state index < -0.39 is 10.0 Å². The zero-order valence-electron chi connectivity index (χ0n) is 16.4. The molecule has 0 bridgehead atoms. The van der Waals surface area contributed by atoms with Gasteiger partial charge in [0.05, 0.1) is 11.1 Å². The van der Waals surface area contributed by atoms with Crippen LogP contribution in [0.2, 0.25) is 0 Å². The smallest absolute Gasteiger partial charge is 0.243 e. The van der Waals surface area contributed by atoms with Crippen molar-refractivity contribution in [2.24, 2.45) is 5.92 Å². The van der Waals surface area contributed by atoms with Crippen molar-refractivity contribution < 1.29 is 13.2 Å². The third kappa shape index (κ3) is 3.75. The van der Waals surface area contributed by atoms with Crippen molar-refractivity contribution in [1.29, 1.82) is 0 Å². The van der Waals surface area contributed by atoms with E-state index in [0.717, 1.165) is 11.1 Å². The molecule has 0 radical (unpaired) electrons. The molecule has 1 aliphatic rings. The highest BCUT2D eigenvalue weighted by atomic mass is 32.2. The molecule has 1 fully saturated rings. The summed E-state index contributed by atoms with van der Waals surface area (Å²) in [7, 11) is -3.55. The van der Waals surface area contributed by atoms with E-state index in [0.29, 0.717) is 42.3 Å². The van der Waals surface area contributed by atoms with Gasteiger partial charge in [0.15, 0.2) is 5.65 Å². The van der Waals surface area contributed by atoms with Gasteiger partial charge < -0.3 is 5.32 Å². The van der Waals surface area contributed by atoms with Crippen LogP contribution in [0.5, 0.6) is 0 Å². The van der Waals surface area contributed by atoms with Crippen molar-refractivity contribution in [3.8, 4) is 0 Å². The molecule has 0 saturated carbocycles. The topological polar surface area (TPSA) is 96.7 Å². The van der Waals surface area contributed by atoms with E-state index in [9.17, 15) is 13.2 Å². The van der Waals surface area contributed by atoms with Crippen LogP contribution in [0.1, 0.15) is 24.0 Å². The summed E-state index contributed by atoms with van der Waals surface area (Å²) in [6, 6.07) is 8.63. The number of benzene rings is 1. The molecule has 2 aromatic heterocycles. The molecule has 8 nitrogen and oxygen atoms in total. The second-order valence-corrected chi connectivity index (χ2v) is 9.28. The van der Waals surface area contributed by atoms with Gasteiger partial charge in [-0.05, 0) is 56.0 Å². The van der Waals surface area contributed by atoms with Crippen molar-refractivity contribution in [2.45, 2.75) is 31.6 Å². The Hall–Kier alpha value is -2.78. The van der Waals surface area contributed by atoms with E-state index in [1.807, 2.05) is 19.9 Å². The first-order valence-corrected chi connectivity index (χ1v) is 11.0. The summed E-state index contributed by atoms with van der Waals surface area (Å²) in [5.41, 5.74) is 2.65. The number of fused-ring (bicyclic) bond motifs is 1. The highest BCUT2D eigenvalue weighted by molar-refractivity contribution is 7.89. The Balaban J connectivity index is 1.43. The summed E-state index contributed by atoms with van der Waals surface area (Å²) in [6.07, 6.45) is 4.19. The molecule has 1 N–H and O–H groups in total. The number of piperidine rings is 1. The highest BCUT2D eigenvalue weighted by Gasteiger charge is 2.32. The average molecular weight is 414 g/mol. The Morgan fingerprint density at radius 3 is 2.55 bits per heavy atom. The summed E-state index contributed by atoms with van der Waals surface area (Å²) in [5.74, 6) is 0.173. The average Bonchev–Trinajstić information content (AvgIpc) is 3.20. The monoisotopic (exact) mass is 413 g/mol. The van der Waals surface area contributed by atoms with Gasteiger partial charge in [-0.25, -0.2) is 13.4 Å². The van der Waals surface area contributed by atoms with E-state index in [1.54, 1.807) is 41.2 Å². The van der Waals surface area contributed by atoms with Crippen LogP contribution in [0.15, 0.2) is 47.6 Å². The van der Waals surface area contributed by atoms with Crippen molar-refractivity contribution in [3.63, 3.8) is 0 Å². The van der Waals surface area contributed by atoms with Gasteiger partial charge in [0, 0.05) is 31.3 Å². The molecule has 1 saturated heterocycles. The predicted molar refractivity (Wildman–Crippen MR) is 109 cm³/mol. The minimum Gasteiger partial charge on any atom is -0.310 e. The molecule has 0 spiro atoms. The van der Waals surface area contributed by atoms with E-state index in [-0.39, 0.29) is 11.8 Å². The molecular weight excluding hydrogens is 390 g/mol. The third-order valence-corrected chi connectivity index (χ3v) is 7.38. The molecule has 29 heavy (non-hydrogen) atoms. The van der Waals surface area contributed by atoms with Crippen molar-refractivity contribution in [1.82, 2.24) is 18.9 Å². The zero-order chi connectivity index (χ0) is 20.6. The molecule has 3 aromatic rings. The number of nitrogens with one attached hydrogen (secondary N) is 1. The maximum Gasteiger partial charge on any atom is 0.243 e. The molecule has 1 amide bonds. The zero-order valence-corrected chi connectivity index (χ0v) is 17.2. The summed E-state index contributed by atoms with van der Waals surface area (Å²) in [6.45, 7) is 4.50. The molecule has 1 aromatic carbocycles. The van der Waals surface area contributed by atoms with Crippen LogP contribution < -0.4 is 5.32 Å². The fourth-order valence-corrected chi connectivity index (χ4v) is 5.09. The van der Waals surface area contributed by atoms with Crippen LogP contribution in [0.4, 0.5) is 5.82 Å². The van der Waals surface area contributed by atoms with Crippen LogP contribution in [0.25, 0.3) is 5.65 Å². The lowest BCUT2D eigenvalue weighted by atomic mass is 9.97. The lowest BCUT2D eigenvalue weighted by Crippen LogP contribution is -2.41. The van der Waals surface area contributed by atoms with E-state index in [1.165, 1.54) is 4.31 Å². The second-order valence-electron chi connectivity index (χ2n) is 7.34.